The molecule has 0 spiro atoms. The van der Waals surface area contributed by atoms with Crippen LogP contribution < -0.4 is 0 Å². The molecule has 1 amide bonds. The fourth-order valence-electron chi connectivity index (χ4n) is 3.97. The predicted octanol–water partition coefficient (Wildman–Crippen LogP) is 3.48. The van der Waals surface area contributed by atoms with E-state index in [2.05, 4.69) is 33.5 Å². The summed E-state index contributed by atoms with van der Waals surface area (Å²) in [7, 11) is 0. The van der Waals surface area contributed by atoms with E-state index in [-0.39, 0.29) is 11.2 Å². The molecule has 1 aromatic rings. The largest absolute Gasteiger partial charge is 0.341 e. The lowest BCUT2D eigenvalue weighted by molar-refractivity contribution is -0.132. The number of nitrogens with zero attached hydrogens (tertiary/aromatic N) is 4. The van der Waals surface area contributed by atoms with E-state index in [0.29, 0.717) is 23.8 Å². The molecule has 0 N–H and O–H groups in total. The molecule has 3 unspecified atom stereocenters. The van der Waals surface area contributed by atoms with Crippen molar-refractivity contribution in [3.05, 3.63) is 5.82 Å². The molecule has 2 saturated carbocycles. The third kappa shape index (κ3) is 3.35. The first-order valence-corrected chi connectivity index (χ1v) is 10.3. The highest BCUT2D eigenvalue weighted by atomic mass is 32.2. The molecule has 2 heterocycles. The average molecular weight is 349 g/mol. The number of thioether (sulfide) groups is 1. The second-order valence-corrected chi connectivity index (χ2v) is 9.47. The number of hydrogen-bond acceptors (Lipinski definition) is 4. The van der Waals surface area contributed by atoms with Crippen LogP contribution >= 0.6 is 11.8 Å². The summed E-state index contributed by atoms with van der Waals surface area (Å²) in [6, 6.07) is 0.579. The minimum atomic E-state index is -0.0868. The van der Waals surface area contributed by atoms with Gasteiger partial charge in [0.1, 0.15) is 5.82 Å². The quantitative estimate of drug-likeness (QED) is 0.765. The van der Waals surface area contributed by atoms with E-state index in [1.165, 1.54) is 37.9 Å². The van der Waals surface area contributed by atoms with Gasteiger partial charge in [-0.05, 0) is 50.9 Å². The molecule has 1 saturated heterocycles. The van der Waals surface area contributed by atoms with Gasteiger partial charge in [0.25, 0.3) is 0 Å². The van der Waals surface area contributed by atoms with Crippen molar-refractivity contribution in [3.8, 4) is 0 Å². The Morgan fingerprint density at radius 2 is 1.79 bits per heavy atom. The van der Waals surface area contributed by atoms with Gasteiger partial charge in [0.05, 0.1) is 5.25 Å². The van der Waals surface area contributed by atoms with Gasteiger partial charge in [0, 0.05) is 25.0 Å². The van der Waals surface area contributed by atoms with Gasteiger partial charge in [-0.2, -0.15) is 0 Å². The number of aromatic nitrogens is 3. The molecule has 0 radical (unpaired) electrons. The number of carbonyl (C=O) groups is 1. The van der Waals surface area contributed by atoms with Crippen LogP contribution in [0.4, 0.5) is 0 Å². The maximum Gasteiger partial charge on any atom is 0.235 e. The molecule has 5 nitrogen and oxygen atoms in total. The van der Waals surface area contributed by atoms with Crippen molar-refractivity contribution >= 4 is 17.7 Å². The van der Waals surface area contributed by atoms with Crippen LogP contribution in [-0.4, -0.2) is 43.9 Å². The molecule has 3 atom stereocenters. The summed E-state index contributed by atoms with van der Waals surface area (Å²) in [4.78, 5) is 15.0. The highest BCUT2D eigenvalue weighted by molar-refractivity contribution is 8.00. The van der Waals surface area contributed by atoms with Crippen molar-refractivity contribution in [2.24, 2.45) is 11.8 Å². The minimum absolute atomic E-state index is 0.0868. The number of hydrogen-bond donors (Lipinski definition) is 0. The van der Waals surface area contributed by atoms with E-state index in [4.69, 9.17) is 0 Å². The fourth-order valence-corrected chi connectivity index (χ4v) is 4.98. The number of amides is 1. The van der Waals surface area contributed by atoms with Crippen LogP contribution in [0, 0.1) is 11.8 Å². The Hall–Kier alpha value is -1.04. The van der Waals surface area contributed by atoms with Gasteiger partial charge < -0.3 is 9.47 Å². The summed E-state index contributed by atoms with van der Waals surface area (Å²) in [6.45, 7) is 8.33. The number of carbonyl (C=O) groups excluding carboxylic acids is 1. The van der Waals surface area contributed by atoms with Crippen LogP contribution in [0.5, 0.6) is 0 Å². The Kier molecular flexibility index (Phi) is 4.35. The zero-order valence-corrected chi connectivity index (χ0v) is 15.8. The Bertz CT molecular complexity index is 613. The molecule has 4 rings (SSSR count). The van der Waals surface area contributed by atoms with Gasteiger partial charge in [-0.1, -0.05) is 25.6 Å². The summed E-state index contributed by atoms with van der Waals surface area (Å²) in [5.41, 5.74) is 0. The minimum Gasteiger partial charge on any atom is -0.341 e. The van der Waals surface area contributed by atoms with Crippen LogP contribution in [0.25, 0.3) is 0 Å². The van der Waals surface area contributed by atoms with E-state index >= 15 is 0 Å². The van der Waals surface area contributed by atoms with Gasteiger partial charge >= 0.3 is 0 Å². The van der Waals surface area contributed by atoms with E-state index in [0.717, 1.165) is 18.2 Å². The molecule has 0 aromatic carbocycles. The molecule has 2 aliphatic carbocycles. The Balaban J connectivity index is 1.46. The first kappa shape index (κ1) is 16.4. The van der Waals surface area contributed by atoms with E-state index in [9.17, 15) is 4.79 Å². The maximum atomic E-state index is 12.9. The van der Waals surface area contributed by atoms with Crippen LogP contribution in [0.1, 0.15) is 70.7 Å². The highest BCUT2D eigenvalue weighted by Crippen LogP contribution is 2.46. The zero-order chi connectivity index (χ0) is 16.8. The molecule has 3 aliphatic rings. The molecule has 24 heavy (non-hydrogen) atoms. The molecule has 132 valence electrons. The summed E-state index contributed by atoms with van der Waals surface area (Å²) < 4.78 is 2.34. The van der Waals surface area contributed by atoms with Crippen molar-refractivity contribution in [3.63, 3.8) is 0 Å². The van der Waals surface area contributed by atoms with Crippen molar-refractivity contribution in [1.82, 2.24) is 19.7 Å². The summed E-state index contributed by atoms with van der Waals surface area (Å²) >= 11 is 1.61. The third-order valence-electron chi connectivity index (χ3n) is 5.36. The molecule has 1 aromatic heterocycles. The van der Waals surface area contributed by atoms with Crippen LogP contribution in [0.3, 0.4) is 0 Å². The van der Waals surface area contributed by atoms with Gasteiger partial charge in [0.15, 0.2) is 5.16 Å². The first-order chi connectivity index (χ1) is 11.5. The summed E-state index contributed by atoms with van der Waals surface area (Å²) in [5, 5.41) is 9.77. The highest BCUT2D eigenvalue weighted by Gasteiger charge is 2.37. The maximum absolute atomic E-state index is 12.9. The average Bonchev–Trinajstić information content (AvgIpc) is 3.44. The Labute approximate surface area is 148 Å². The molecule has 0 bridgehead atoms. The molecule has 6 heteroatoms. The van der Waals surface area contributed by atoms with Crippen molar-refractivity contribution in [2.45, 2.75) is 75.2 Å². The molecule has 3 fully saturated rings. The lowest BCUT2D eigenvalue weighted by atomic mass is 9.92. The van der Waals surface area contributed by atoms with Gasteiger partial charge in [-0.15, -0.1) is 10.2 Å². The topological polar surface area (TPSA) is 51.0 Å². The van der Waals surface area contributed by atoms with E-state index in [1.807, 2.05) is 6.92 Å². The van der Waals surface area contributed by atoms with Gasteiger partial charge in [0.2, 0.25) is 5.91 Å². The zero-order valence-electron chi connectivity index (χ0n) is 14.9. The standard InChI is InChI=1S/C18H28N4OS/c1-11-8-12(2)10-21(9-11)17(23)13(3)24-18-20-19-16(14-4-5-14)22(18)15-6-7-15/h11-15H,4-10H2,1-3H3. The van der Waals surface area contributed by atoms with Crippen molar-refractivity contribution < 1.29 is 4.79 Å². The van der Waals surface area contributed by atoms with Crippen LogP contribution in [0.2, 0.25) is 0 Å². The predicted molar refractivity (Wildman–Crippen MR) is 95.1 cm³/mol. The van der Waals surface area contributed by atoms with Gasteiger partial charge in [-0.25, -0.2) is 0 Å². The molecular formula is C18H28N4OS. The van der Waals surface area contributed by atoms with Crippen LogP contribution in [0.15, 0.2) is 5.16 Å². The SMILES string of the molecule is CC1CC(C)CN(C(=O)C(C)Sc2nnc(C3CC3)n2C2CC2)C1. The normalized spacial score (nSPS) is 28.9. The second-order valence-electron chi connectivity index (χ2n) is 8.17. The monoisotopic (exact) mass is 348 g/mol. The third-order valence-corrected chi connectivity index (χ3v) is 6.40. The smallest absolute Gasteiger partial charge is 0.235 e. The van der Waals surface area contributed by atoms with E-state index in [1.54, 1.807) is 11.8 Å². The lowest BCUT2D eigenvalue weighted by Crippen LogP contribution is -2.45. The summed E-state index contributed by atoms with van der Waals surface area (Å²) in [6.07, 6.45) is 6.18. The Morgan fingerprint density at radius 3 is 2.38 bits per heavy atom. The number of likely N-dealkylation sites (tertiary alicyclic amines) is 1. The van der Waals surface area contributed by atoms with Gasteiger partial charge in [-0.3, -0.25) is 4.79 Å². The summed E-state index contributed by atoms with van der Waals surface area (Å²) in [5.74, 6) is 3.25. The van der Waals surface area contributed by atoms with E-state index < -0.39 is 0 Å². The number of rotatable bonds is 5. The Morgan fingerprint density at radius 1 is 1.12 bits per heavy atom. The second kappa shape index (κ2) is 6.36. The van der Waals surface area contributed by atoms with Crippen molar-refractivity contribution in [2.75, 3.05) is 13.1 Å². The fraction of sp³-hybridized carbons (Fsp3) is 0.833. The lowest BCUT2D eigenvalue weighted by Gasteiger charge is -2.36. The first-order valence-electron chi connectivity index (χ1n) is 9.43. The number of piperidine rings is 1. The van der Waals surface area contributed by atoms with Crippen LogP contribution in [-0.2, 0) is 4.79 Å². The molecular weight excluding hydrogens is 320 g/mol. The molecule has 1 aliphatic heterocycles. The van der Waals surface area contributed by atoms with Crippen molar-refractivity contribution in [1.29, 1.82) is 0 Å².